The SMILES string of the molecule is O=C(CN(C(=O)c1ccc(Cl)cc1)N1C(=O)[C@@H]2[C@H](C1=O)[C@@]1(Cl)C(Cl)=C(Cl)[C@@]2(Cl)C1(Cl)Cl)c1ccc([N+](=O)[O-])cc1. The highest BCUT2D eigenvalue weighted by Gasteiger charge is 2.88. The molecule has 2 bridgehead atoms. The number of allylic oxidation sites excluding steroid dienone is 2. The number of hydrazine groups is 1. The highest BCUT2D eigenvalue weighted by atomic mass is 35.5. The van der Waals surface area contributed by atoms with E-state index in [0.717, 1.165) is 12.1 Å². The molecule has 1 saturated heterocycles. The Morgan fingerprint density at radius 2 is 1.27 bits per heavy atom. The van der Waals surface area contributed by atoms with Crippen molar-refractivity contribution in [2.45, 2.75) is 14.1 Å². The van der Waals surface area contributed by atoms with E-state index < -0.39 is 60.9 Å². The van der Waals surface area contributed by atoms with Gasteiger partial charge in [0.15, 0.2) is 10.1 Å². The Balaban J connectivity index is 1.57. The van der Waals surface area contributed by atoms with Crippen LogP contribution in [0.1, 0.15) is 20.7 Å². The van der Waals surface area contributed by atoms with E-state index in [-0.39, 0.29) is 26.9 Å². The monoisotopic (exact) mass is 683 g/mol. The van der Waals surface area contributed by atoms with Gasteiger partial charge < -0.3 is 0 Å². The molecular weight excluding hydrogens is 674 g/mol. The Hall–Kier alpha value is -2.11. The number of nitro benzene ring substituents is 1. The van der Waals surface area contributed by atoms with Gasteiger partial charge in [-0.3, -0.25) is 29.3 Å². The Bertz CT molecular complexity index is 1500. The van der Waals surface area contributed by atoms with Crippen molar-refractivity contribution >= 4 is 110 Å². The number of hydrogen-bond acceptors (Lipinski definition) is 6. The Kier molecular flexibility index (Phi) is 7.15. The van der Waals surface area contributed by atoms with Crippen molar-refractivity contribution in [3.05, 3.63) is 84.9 Å². The molecule has 5 rings (SSSR count). The summed E-state index contributed by atoms with van der Waals surface area (Å²) in [5.74, 6) is -6.85. The van der Waals surface area contributed by atoms with E-state index in [1.54, 1.807) is 0 Å². The van der Waals surface area contributed by atoms with Crippen LogP contribution in [0.25, 0.3) is 0 Å². The summed E-state index contributed by atoms with van der Waals surface area (Å²) in [4.78, 5) is 60.7. The van der Waals surface area contributed by atoms with E-state index in [2.05, 4.69) is 0 Å². The lowest BCUT2D eigenvalue weighted by Gasteiger charge is -2.36. The molecular formula is C24H12Cl7N3O6. The number of non-ortho nitro benzene ring substituents is 1. The molecule has 9 nitrogen and oxygen atoms in total. The minimum Gasteiger partial charge on any atom is -0.292 e. The summed E-state index contributed by atoms with van der Waals surface area (Å²) in [5.41, 5.74) is -0.332. The number of carbonyl (C=O) groups excluding carboxylic acids is 4. The van der Waals surface area contributed by atoms with Gasteiger partial charge in [-0.25, -0.2) is 5.01 Å². The van der Waals surface area contributed by atoms with Gasteiger partial charge in [0, 0.05) is 28.3 Å². The van der Waals surface area contributed by atoms with E-state index in [4.69, 9.17) is 81.2 Å². The maximum atomic E-state index is 13.9. The van der Waals surface area contributed by atoms with Crippen molar-refractivity contribution < 1.29 is 24.1 Å². The molecule has 0 spiro atoms. The summed E-state index contributed by atoms with van der Waals surface area (Å²) < 4.78 is -2.19. The number of nitrogens with zero attached hydrogens (tertiary/aromatic N) is 3. The van der Waals surface area contributed by atoms with E-state index in [0.29, 0.717) is 15.0 Å². The van der Waals surface area contributed by atoms with Gasteiger partial charge in [0.2, 0.25) is 0 Å². The van der Waals surface area contributed by atoms with Crippen LogP contribution in [0.15, 0.2) is 58.6 Å². The molecule has 16 heteroatoms. The minimum absolute atomic E-state index is 0.0269. The van der Waals surface area contributed by atoms with Crippen LogP contribution >= 0.6 is 81.2 Å². The van der Waals surface area contributed by atoms with Crippen LogP contribution in [0, 0.1) is 22.0 Å². The van der Waals surface area contributed by atoms with Crippen LogP contribution in [0.4, 0.5) is 5.69 Å². The summed E-state index contributed by atoms with van der Waals surface area (Å²) in [5, 5.41) is 11.7. The van der Waals surface area contributed by atoms with E-state index in [1.807, 2.05) is 0 Å². The lowest BCUT2D eigenvalue weighted by atomic mass is 9.84. The summed E-state index contributed by atoms with van der Waals surface area (Å²) in [6.07, 6.45) is 0. The molecule has 3 amide bonds. The third-order valence-corrected chi connectivity index (χ3v) is 11.7. The number of ketones is 1. The normalized spacial score (nSPS) is 28.2. The average molecular weight is 687 g/mol. The second-order valence-corrected chi connectivity index (χ2v) is 12.9. The van der Waals surface area contributed by atoms with Crippen LogP contribution in [-0.2, 0) is 9.59 Å². The van der Waals surface area contributed by atoms with Crippen molar-refractivity contribution in [1.82, 2.24) is 10.0 Å². The largest absolute Gasteiger partial charge is 0.292 e. The van der Waals surface area contributed by atoms with Gasteiger partial charge in [-0.15, -0.1) is 23.2 Å². The van der Waals surface area contributed by atoms with Crippen LogP contribution in [0.3, 0.4) is 0 Å². The fourth-order valence-corrected chi connectivity index (χ4v) is 8.24. The molecule has 0 aromatic heterocycles. The van der Waals surface area contributed by atoms with Crippen molar-refractivity contribution in [1.29, 1.82) is 0 Å². The standard InChI is InChI=1S/C24H12Cl7N3O6/c25-12-5-1-11(2-6-12)19(36)32(9-14(35)10-3-7-13(8-4-10)34(39)40)33-20(37)15-16(21(33)38)23(29)18(27)17(26)22(15,28)24(23,30)31/h1-8,15-16H,9H2/t15-,16+,22-,23-/m1/s1. The van der Waals surface area contributed by atoms with Crippen LogP contribution in [0.5, 0.6) is 0 Å². The quantitative estimate of drug-likeness (QED) is 0.122. The summed E-state index contributed by atoms with van der Waals surface area (Å²) in [7, 11) is 0. The zero-order chi connectivity index (χ0) is 29.5. The Morgan fingerprint density at radius 1 is 0.825 bits per heavy atom. The second-order valence-electron chi connectivity index (χ2n) is 9.17. The van der Waals surface area contributed by atoms with E-state index in [1.165, 1.54) is 36.4 Å². The predicted molar refractivity (Wildman–Crippen MR) is 149 cm³/mol. The molecule has 1 saturated carbocycles. The van der Waals surface area contributed by atoms with Crippen LogP contribution in [0.2, 0.25) is 5.02 Å². The Morgan fingerprint density at radius 3 is 1.73 bits per heavy atom. The molecule has 0 unspecified atom stereocenters. The molecule has 2 fully saturated rings. The number of carbonyl (C=O) groups is 4. The molecule has 208 valence electrons. The smallest absolute Gasteiger partial charge is 0.273 e. The molecule has 0 radical (unpaired) electrons. The van der Waals surface area contributed by atoms with Crippen LogP contribution in [-0.4, -0.2) is 59.1 Å². The number of halogens is 7. The van der Waals surface area contributed by atoms with Crippen molar-refractivity contribution in [3.63, 3.8) is 0 Å². The summed E-state index contributed by atoms with van der Waals surface area (Å²) in [6.45, 7) is -0.831. The molecule has 1 aliphatic heterocycles. The van der Waals surface area contributed by atoms with Gasteiger partial charge in [-0.05, 0) is 36.4 Å². The molecule has 0 N–H and O–H groups in total. The average Bonchev–Trinajstić information content (AvgIpc) is 3.30. The lowest BCUT2D eigenvalue weighted by Crippen LogP contribution is -2.56. The lowest BCUT2D eigenvalue weighted by molar-refractivity contribution is -0.384. The number of alkyl halides is 4. The van der Waals surface area contributed by atoms with Gasteiger partial charge in [0.25, 0.3) is 23.4 Å². The summed E-state index contributed by atoms with van der Waals surface area (Å²) in [6, 6.07) is 9.99. The Labute approximate surface area is 260 Å². The van der Waals surface area contributed by atoms with Crippen LogP contribution < -0.4 is 0 Å². The highest BCUT2D eigenvalue weighted by Crippen LogP contribution is 2.77. The maximum Gasteiger partial charge on any atom is 0.273 e. The van der Waals surface area contributed by atoms with Crippen molar-refractivity contribution in [2.24, 2.45) is 11.8 Å². The van der Waals surface area contributed by atoms with Gasteiger partial charge in [-0.2, -0.15) is 5.01 Å². The van der Waals surface area contributed by atoms with E-state index >= 15 is 0 Å². The zero-order valence-corrected chi connectivity index (χ0v) is 24.7. The second kappa shape index (κ2) is 9.73. The first-order valence-corrected chi connectivity index (χ1v) is 13.8. The molecule has 1 heterocycles. The molecule has 3 aliphatic rings. The first kappa shape index (κ1) is 29.4. The number of rotatable bonds is 6. The van der Waals surface area contributed by atoms with Gasteiger partial charge in [-0.1, -0.05) is 58.0 Å². The van der Waals surface area contributed by atoms with Crippen molar-refractivity contribution in [2.75, 3.05) is 6.54 Å². The number of benzene rings is 2. The first-order chi connectivity index (χ1) is 18.6. The summed E-state index contributed by atoms with van der Waals surface area (Å²) >= 11 is 45.1. The van der Waals surface area contributed by atoms with Gasteiger partial charge in [0.05, 0.1) is 26.8 Å². The molecule has 4 atom stereocenters. The fraction of sp³-hybridized carbons (Fsp3) is 0.250. The predicted octanol–water partition coefficient (Wildman–Crippen LogP) is 5.94. The maximum absolute atomic E-state index is 13.9. The molecule has 2 aliphatic carbocycles. The number of Topliss-reactive ketones (excluding diaryl/α,β-unsaturated/α-hetero) is 1. The van der Waals surface area contributed by atoms with Crippen molar-refractivity contribution in [3.8, 4) is 0 Å². The van der Waals surface area contributed by atoms with Gasteiger partial charge >= 0.3 is 0 Å². The third kappa shape index (κ3) is 3.75. The third-order valence-electron chi connectivity index (χ3n) is 7.15. The molecule has 2 aromatic rings. The topological polar surface area (TPSA) is 118 Å². The highest BCUT2D eigenvalue weighted by molar-refractivity contribution is 6.66. The van der Waals surface area contributed by atoms with E-state index in [9.17, 15) is 29.3 Å². The van der Waals surface area contributed by atoms with Gasteiger partial charge in [0.1, 0.15) is 16.3 Å². The minimum atomic E-state index is -2.19. The number of fused-ring (bicyclic) bond motifs is 5. The number of hydrogen-bond donors (Lipinski definition) is 0. The number of nitro groups is 1. The molecule has 2 aromatic carbocycles. The zero-order valence-electron chi connectivity index (χ0n) is 19.4. The first-order valence-electron chi connectivity index (χ1n) is 11.1. The number of imide groups is 1. The number of amides is 3. The fourth-order valence-electron chi connectivity index (χ4n) is 5.19. The molecule has 40 heavy (non-hydrogen) atoms.